The summed E-state index contributed by atoms with van der Waals surface area (Å²) in [7, 11) is 3.95. The first kappa shape index (κ1) is 12.4. The summed E-state index contributed by atoms with van der Waals surface area (Å²) in [4.78, 5) is 14.4. The van der Waals surface area contributed by atoms with Crippen molar-refractivity contribution in [3.8, 4) is 0 Å². The van der Waals surface area contributed by atoms with Gasteiger partial charge in [-0.1, -0.05) is 0 Å². The Hall–Kier alpha value is -1.66. The zero-order chi connectivity index (χ0) is 13.2. The van der Waals surface area contributed by atoms with Crippen molar-refractivity contribution in [1.82, 2.24) is 20.3 Å². The second-order valence-electron chi connectivity index (χ2n) is 5.05. The highest BCUT2D eigenvalue weighted by atomic mass is 16.5. The Morgan fingerprint density at radius 1 is 1.37 bits per heavy atom. The fourth-order valence-corrected chi connectivity index (χ4v) is 2.26. The molecule has 0 spiro atoms. The summed E-state index contributed by atoms with van der Waals surface area (Å²) in [5.74, 6) is 1.88. The smallest absolute Gasteiger partial charge is 0.179 e. The van der Waals surface area contributed by atoms with E-state index in [1.165, 1.54) is 0 Å². The predicted molar refractivity (Wildman–Crippen MR) is 74.5 cm³/mol. The number of nitrogens with one attached hydrogen (secondary N) is 2. The fourth-order valence-electron chi connectivity index (χ4n) is 2.26. The Morgan fingerprint density at radius 3 is 3.00 bits per heavy atom. The van der Waals surface area contributed by atoms with Gasteiger partial charge in [0.25, 0.3) is 0 Å². The highest BCUT2D eigenvalue weighted by Crippen LogP contribution is 2.15. The maximum Gasteiger partial charge on any atom is 0.179 e. The fraction of sp³-hybridized carbons (Fsp3) is 0.538. The lowest BCUT2D eigenvalue weighted by molar-refractivity contribution is 0.0765. The molecule has 3 heterocycles. The van der Waals surface area contributed by atoms with Crippen LogP contribution >= 0.6 is 0 Å². The van der Waals surface area contributed by atoms with E-state index in [9.17, 15) is 0 Å². The molecule has 19 heavy (non-hydrogen) atoms. The van der Waals surface area contributed by atoms with E-state index in [0.29, 0.717) is 6.04 Å². The number of morpholine rings is 1. The van der Waals surface area contributed by atoms with Gasteiger partial charge in [-0.3, -0.25) is 0 Å². The van der Waals surface area contributed by atoms with Crippen molar-refractivity contribution in [3.05, 3.63) is 18.0 Å². The van der Waals surface area contributed by atoms with Crippen LogP contribution in [0, 0.1) is 0 Å². The zero-order valence-electron chi connectivity index (χ0n) is 11.3. The van der Waals surface area contributed by atoms with Crippen LogP contribution < -0.4 is 10.2 Å². The minimum atomic E-state index is 0.336. The first-order valence-electron chi connectivity index (χ1n) is 6.56. The van der Waals surface area contributed by atoms with Gasteiger partial charge in [0.1, 0.15) is 11.6 Å². The largest absolute Gasteiger partial charge is 0.379 e. The minimum Gasteiger partial charge on any atom is -0.379 e. The number of anilines is 1. The van der Waals surface area contributed by atoms with E-state index in [2.05, 4.69) is 20.3 Å². The maximum absolute atomic E-state index is 5.45. The van der Waals surface area contributed by atoms with Crippen molar-refractivity contribution in [2.24, 2.45) is 0 Å². The second-order valence-corrected chi connectivity index (χ2v) is 5.05. The quantitative estimate of drug-likeness (QED) is 0.845. The number of H-pyrrole nitrogens is 1. The number of nitrogens with zero attached hydrogens (tertiary/aromatic N) is 3. The van der Waals surface area contributed by atoms with Crippen molar-refractivity contribution >= 4 is 17.0 Å². The average Bonchev–Trinajstić information content (AvgIpc) is 2.80. The molecule has 3 rings (SSSR count). The lowest BCUT2D eigenvalue weighted by atomic mass is 10.2. The molecule has 0 aromatic carbocycles. The number of pyridine rings is 1. The number of aromatic amines is 1. The van der Waals surface area contributed by atoms with E-state index in [0.717, 1.165) is 49.0 Å². The van der Waals surface area contributed by atoms with Crippen LogP contribution in [0.3, 0.4) is 0 Å². The predicted octanol–water partition coefficient (Wildman–Crippen LogP) is 0.555. The third-order valence-electron chi connectivity index (χ3n) is 3.28. The zero-order valence-corrected chi connectivity index (χ0v) is 11.3. The van der Waals surface area contributed by atoms with Gasteiger partial charge in [-0.15, -0.1) is 0 Å². The van der Waals surface area contributed by atoms with Gasteiger partial charge in [-0.2, -0.15) is 0 Å². The van der Waals surface area contributed by atoms with Gasteiger partial charge in [-0.25, -0.2) is 9.97 Å². The number of rotatable bonds is 3. The molecule has 102 valence electrons. The Bertz CT molecular complexity index is 559. The van der Waals surface area contributed by atoms with Gasteiger partial charge in [0.2, 0.25) is 0 Å². The van der Waals surface area contributed by atoms with E-state index in [1.807, 2.05) is 31.1 Å². The lowest BCUT2D eigenvalue weighted by Crippen LogP contribution is -2.42. The number of hydrogen-bond acceptors (Lipinski definition) is 5. The monoisotopic (exact) mass is 261 g/mol. The molecule has 0 amide bonds. The van der Waals surface area contributed by atoms with Crippen molar-refractivity contribution in [3.63, 3.8) is 0 Å². The summed E-state index contributed by atoms with van der Waals surface area (Å²) in [6, 6.07) is 4.35. The lowest BCUT2D eigenvalue weighted by Gasteiger charge is -2.22. The molecular formula is C13H19N5O. The standard InChI is InChI=1S/C13H19N5O/c1-18(2)12-4-3-10-13(17-12)16-11(15-10)7-9-8-19-6-5-14-9/h3-4,9,14H,5-8H2,1-2H3,(H,15,16,17). The molecule has 1 atom stereocenters. The van der Waals surface area contributed by atoms with Crippen LogP contribution in [0.25, 0.3) is 11.2 Å². The van der Waals surface area contributed by atoms with Crippen molar-refractivity contribution in [2.45, 2.75) is 12.5 Å². The number of ether oxygens (including phenoxy) is 1. The third-order valence-corrected chi connectivity index (χ3v) is 3.28. The first-order chi connectivity index (χ1) is 9.22. The minimum absolute atomic E-state index is 0.336. The summed E-state index contributed by atoms with van der Waals surface area (Å²) in [6.45, 7) is 2.45. The van der Waals surface area contributed by atoms with Gasteiger partial charge in [0.15, 0.2) is 5.65 Å². The van der Waals surface area contributed by atoms with E-state index in [1.54, 1.807) is 0 Å². The first-order valence-corrected chi connectivity index (χ1v) is 6.56. The molecule has 1 aliphatic rings. The van der Waals surface area contributed by atoms with Crippen LogP contribution in [0.1, 0.15) is 5.82 Å². The molecule has 0 aliphatic carbocycles. The van der Waals surface area contributed by atoms with Crippen LogP contribution in [-0.4, -0.2) is 54.8 Å². The van der Waals surface area contributed by atoms with Gasteiger partial charge in [-0.05, 0) is 12.1 Å². The van der Waals surface area contributed by atoms with Crippen LogP contribution in [0.4, 0.5) is 5.82 Å². The summed E-state index contributed by atoms with van der Waals surface area (Å²) in [5.41, 5.74) is 1.76. The second kappa shape index (κ2) is 5.14. The van der Waals surface area contributed by atoms with Crippen LogP contribution in [0.15, 0.2) is 12.1 Å². The molecule has 1 saturated heterocycles. The van der Waals surface area contributed by atoms with E-state index < -0.39 is 0 Å². The molecule has 0 saturated carbocycles. The van der Waals surface area contributed by atoms with E-state index >= 15 is 0 Å². The Labute approximate surface area is 112 Å². The molecule has 2 N–H and O–H groups in total. The van der Waals surface area contributed by atoms with Crippen LogP contribution in [0.2, 0.25) is 0 Å². The molecule has 0 bridgehead atoms. The number of hydrogen-bond donors (Lipinski definition) is 2. The Balaban J connectivity index is 1.80. The number of fused-ring (bicyclic) bond motifs is 1. The highest BCUT2D eigenvalue weighted by Gasteiger charge is 2.16. The molecule has 2 aromatic heterocycles. The average molecular weight is 261 g/mol. The maximum atomic E-state index is 5.45. The van der Waals surface area contributed by atoms with Crippen LogP contribution in [0.5, 0.6) is 0 Å². The number of aromatic nitrogens is 3. The van der Waals surface area contributed by atoms with Crippen molar-refractivity contribution in [2.75, 3.05) is 38.8 Å². The molecule has 0 radical (unpaired) electrons. The molecule has 1 unspecified atom stereocenters. The van der Waals surface area contributed by atoms with Gasteiger partial charge in [0, 0.05) is 33.1 Å². The SMILES string of the molecule is CN(C)c1ccc2[nH]c(CC3COCCN3)nc2n1. The van der Waals surface area contributed by atoms with Crippen molar-refractivity contribution < 1.29 is 4.74 Å². The molecule has 1 fully saturated rings. The molecular weight excluding hydrogens is 242 g/mol. The van der Waals surface area contributed by atoms with Gasteiger partial charge < -0.3 is 19.9 Å². The Morgan fingerprint density at radius 2 is 2.26 bits per heavy atom. The van der Waals surface area contributed by atoms with Crippen LogP contribution in [-0.2, 0) is 11.2 Å². The topological polar surface area (TPSA) is 66.1 Å². The summed E-state index contributed by atoms with van der Waals surface area (Å²) in [6.07, 6.45) is 0.841. The summed E-state index contributed by atoms with van der Waals surface area (Å²) >= 11 is 0. The van der Waals surface area contributed by atoms with Crippen molar-refractivity contribution in [1.29, 1.82) is 0 Å². The van der Waals surface area contributed by atoms with Gasteiger partial charge >= 0.3 is 0 Å². The molecule has 6 heteroatoms. The Kier molecular flexibility index (Phi) is 3.35. The normalized spacial score (nSPS) is 19.8. The molecule has 1 aliphatic heterocycles. The molecule has 2 aromatic rings. The summed E-state index contributed by atoms with van der Waals surface area (Å²) < 4.78 is 5.45. The highest BCUT2D eigenvalue weighted by molar-refractivity contribution is 5.73. The van der Waals surface area contributed by atoms with Gasteiger partial charge in [0.05, 0.1) is 18.7 Å². The number of imidazole rings is 1. The van der Waals surface area contributed by atoms with E-state index in [4.69, 9.17) is 4.74 Å². The third kappa shape index (κ3) is 2.69. The van der Waals surface area contributed by atoms with E-state index in [-0.39, 0.29) is 0 Å². The summed E-state index contributed by atoms with van der Waals surface area (Å²) in [5, 5.41) is 3.43. The molecule has 6 nitrogen and oxygen atoms in total.